The van der Waals surface area contributed by atoms with Crippen molar-refractivity contribution < 1.29 is 5.11 Å². The molecule has 0 aromatic carbocycles. The van der Waals surface area contributed by atoms with Gasteiger partial charge in [0.2, 0.25) is 5.75 Å². The number of rotatable bonds is 1. The van der Waals surface area contributed by atoms with E-state index in [0.717, 1.165) is 0 Å². The number of aromatic amines is 1. The highest BCUT2D eigenvalue weighted by atomic mass is 127. The maximum Gasteiger partial charge on any atom is 0.293 e. The molecule has 1 rings (SSSR count). The fourth-order valence-corrected chi connectivity index (χ4v) is 1.37. The quantitative estimate of drug-likeness (QED) is 0.608. The van der Waals surface area contributed by atoms with Gasteiger partial charge in [-0.3, -0.25) is 4.79 Å². The first-order chi connectivity index (χ1) is 5.82. The van der Waals surface area contributed by atoms with Gasteiger partial charge in [0.05, 0.1) is 3.42 Å². The number of aromatic hydroxyl groups is 1. The van der Waals surface area contributed by atoms with Crippen LogP contribution < -0.4 is 5.56 Å². The van der Waals surface area contributed by atoms with Gasteiger partial charge >= 0.3 is 0 Å². The summed E-state index contributed by atoms with van der Waals surface area (Å²) in [6, 6.07) is 0. The van der Waals surface area contributed by atoms with Crippen molar-refractivity contribution >= 4 is 22.6 Å². The van der Waals surface area contributed by atoms with E-state index < -0.39 is 5.56 Å². The first-order valence-corrected chi connectivity index (χ1v) is 4.89. The van der Waals surface area contributed by atoms with Crippen molar-refractivity contribution in [3.05, 3.63) is 21.9 Å². The summed E-state index contributed by atoms with van der Waals surface area (Å²) < 4.78 is -0.346. The Morgan fingerprint density at radius 1 is 1.54 bits per heavy atom. The Balaban J connectivity index is 3.46. The summed E-state index contributed by atoms with van der Waals surface area (Å²) in [7, 11) is 0. The Morgan fingerprint density at radius 2 is 2.08 bits per heavy atom. The van der Waals surface area contributed by atoms with Gasteiger partial charge in [0.25, 0.3) is 5.56 Å². The van der Waals surface area contributed by atoms with Crippen molar-refractivity contribution in [1.82, 2.24) is 9.97 Å². The van der Waals surface area contributed by atoms with Crippen molar-refractivity contribution in [2.24, 2.45) is 0 Å². The molecule has 1 heterocycles. The van der Waals surface area contributed by atoms with E-state index >= 15 is 0 Å². The lowest BCUT2D eigenvalue weighted by atomic mass is 10.1. The van der Waals surface area contributed by atoms with Crippen molar-refractivity contribution in [1.29, 1.82) is 0 Å². The van der Waals surface area contributed by atoms with Gasteiger partial charge in [0, 0.05) is 0 Å². The number of nitrogens with one attached hydrogen (secondary N) is 1. The minimum atomic E-state index is -0.479. The molecule has 13 heavy (non-hydrogen) atoms. The minimum Gasteiger partial charge on any atom is -0.502 e. The summed E-state index contributed by atoms with van der Waals surface area (Å²) in [6.07, 6.45) is 0. The first-order valence-electron chi connectivity index (χ1n) is 3.81. The molecule has 1 aromatic rings. The number of hydrogen-bond acceptors (Lipinski definition) is 3. The molecule has 0 radical (unpaired) electrons. The van der Waals surface area contributed by atoms with Crippen molar-refractivity contribution in [3.63, 3.8) is 0 Å². The molecule has 0 aliphatic rings. The second-order valence-electron chi connectivity index (χ2n) is 3.32. The highest BCUT2D eigenvalue weighted by molar-refractivity contribution is 14.1. The molecule has 0 amide bonds. The molecule has 0 unspecified atom stereocenters. The maximum absolute atomic E-state index is 11.2. The average molecular weight is 294 g/mol. The Kier molecular flexibility index (Phi) is 2.65. The lowest BCUT2D eigenvalue weighted by molar-refractivity contribution is 0.447. The molecule has 5 heteroatoms. The fraction of sp³-hybridized carbons (Fsp3) is 0.500. The predicted octanol–water partition coefficient (Wildman–Crippen LogP) is 1.45. The number of halogens is 1. The topological polar surface area (TPSA) is 66.0 Å². The number of hydrogen-bond donors (Lipinski definition) is 2. The molecule has 0 aliphatic carbocycles. The highest BCUT2D eigenvalue weighted by Crippen LogP contribution is 2.32. The van der Waals surface area contributed by atoms with Gasteiger partial charge in [-0.1, -0.05) is 22.6 Å². The largest absolute Gasteiger partial charge is 0.502 e. The molecule has 0 aliphatic heterocycles. The zero-order chi connectivity index (χ0) is 10.2. The van der Waals surface area contributed by atoms with Crippen LogP contribution in [0.2, 0.25) is 0 Å². The van der Waals surface area contributed by atoms with Crippen molar-refractivity contribution in [2.45, 2.75) is 24.2 Å². The van der Waals surface area contributed by atoms with Gasteiger partial charge in [-0.2, -0.15) is 0 Å². The Bertz CT molecular complexity index is 379. The van der Waals surface area contributed by atoms with Crippen LogP contribution in [0, 0.1) is 6.92 Å². The molecule has 0 saturated heterocycles. The summed E-state index contributed by atoms with van der Waals surface area (Å²) in [5.41, 5.74) is -0.0541. The van der Waals surface area contributed by atoms with Crippen LogP contribution in [-0.4, -0.2) is 15.1 Å². The number of alkyl halides is 1. The van der Waals surface area contributed by atoms with E-state index in [1.807, 2.05) is 13.8 Å². The van der Waals surface area contributed by atoms with E-state index in [1.165, 1.54) is 0 Å². The molecule has 2 N–H and O–H groups in total. The third-order valence-corrected chi connectivity index (χ3v) is 2.09. The molecular weight excluding hydrogens is 283 g/mol. The summed E-state index contributed by atoms with van der Waals surface area (Å²) >= 11 is 2.13. The number of aromatic nitrogens is 2. The number of aryl methyl sites for hydroxylation is 1. The Hall–Kier alpha value is -0.590. The molecule has 1 aromatic heterocycles. The summed E-state index contributed by atoms with van der Waals surface area (Å²) in [6.45, 7) is 5.45. The van der Waals surface area contributed by atoms with Gasteiger partial charge in [-0.05, 0) is 20.8 Å². The predicted molar refractivity (Wildman–Crippen MR) is 58.3 cm³/mol. The van der Waals surface area contributed by atoms with Crippen LogP contribution in [-0.2, 0) is 3.42 Å². The third kappa shape index (κ3) is 2.20. The van der Waals surface area contributed by atoms with Crippen LogP contribution in [0.4, 0.5) is 0 Å². The second kappa shape index (κ2) is 3.28. The van der Waals surface area contributed by atoms with E-state index in [0.29, 0.717) is 11.5 Å². The zero-order valence-electron chi connectivity index (χ0n) is 7.68. The van der Waals surface area contributed by atoms with Gasteiger partial charge in [-0.15, -0.1) is 0 Å². The lowest BCUT2D eigenvalue weighted by Crippen LogP contribution is -2.18. The van der Waals surface area contributed by atoms with Crippen molar-refractivity contribution in [3.8, 4) is 5.75 Å². The summed E-state index contributed by atoms with van der Waals surface area (Å²) in [5.74, 6) is 0.229. The lowest BCUT2D eigenvalue weighted by Gasteiger charge is -2.16. The van der Waals surface area contributed by atoms with Crippen LogP contribution in [0.3, 0.4) is 0 Å². The fourth-order valence-electron chi connectivity index (χ4n) is 0.994. The SMILES string of the molecule is Cc1nc(C(C)(C)I)c(O)c(=O)[nH]1. The number of nitrogens with zero attached hydrogens (tertiary/aromatic N) is 1. The second-order valence-corrected chi connectivity index (χ2v) is 6.02. The molecule has 0 saturated carbocycles. The number of H-pyrrole nitrogens is 1. The molecule has 72 valence electrons. The molecule has 0 bridgehead atoms. The van der Waals surface area contributed by atoms with E-state index in [1.54, 1.807) is 6.92 Å². The molecule has 0 spiro atoms. The van der Waals surface area contributed by atoms with Gasteiger partial charge < -0.3 is 10.1 Å². The van der Waals surface area contributed by atoms with E-state index in [4.69, 9.17) is 0 Å². The smallest absolute Gasteiger partial charge is 0.293 e. The molecule has 0 atom stereocenters. The normalized spacial score (nSPS) is 11.7. The zero-order valence-corrected chi connectivity index (χ0v) is 9.84. The maximum atomic E-state index is 11.2. The molecular formula is C8H11IN2O2. The van der Waals surface area contributed by atoms with Crippen LogP contribution in [0.15, 0.2) is 4.79 Å². The van der Waals surface area contributed by atoms with Crippen molar-refractivity contribution in [2.75, 3.05) is 0 Å². The molecule has 0 fully saturated rings. The monoisotopic (exact) mass is 294 g/mol. The standard InChI is InChI=1S/C8H11IN2O2/c1-4-10-6(8(2,3)9)5(12)7(13)11-4/h12H,1-3H3,(H,10,11,13). The van der Waals surface area contributed by atoms with E-state index in [2.05, 4.69) is 32.6 Å². The van der Waals surface area contributed by atoms with Crippen LogP contribution >= 0.6 is 22.6 Å². The van der Waals surface area contributed by atoms with Gasteiger partial charge in [0.15, 0.2) is 0 Å². The van der Waals surface area contributed by atoms with Gasteiger partial charge in [0.1, 0.15) is 11.5 Å². The Morgan fingerprint density at radius 3 is 2.54 bits per heavy atom. The third-order valence-electron chi connectivity index (χ3n) is 1.58. The van der Waals surface area contributed by atoms with Gasteiger partial charge in [-0.25, -0.2) is 4.98 Å². The summed E-state index contributed by atoms with van der Waals surface area (Å²) in [5, 5.41) is 9.45. The summed E-state index contributed by atoms with van der Waals surface area (Å²) in [4.78, 5) is 17.7. The van der Waals surface area contributed by atoms with Crippen LogP contribution in [0.25, 0.3) is 0 Å². The first kappa shape index (κ1) is 10.5. The average Bonchev–Trinajstić information content (AvgIpc) is 1.94. The van der Waals surface area contributed by atoms with E-state index in [9.17, 15) is 9.90 Å². The van der Waals surface area contributed by atoms with Crippen LogP contribution in [0.5, 0.6) is 5.75 Å². The van der Waals surface area contributed by atoms with E-state index in [-0.39, 0.29) is 9.17 Å². The minimum absolute atomic E-state index is 0.287. The molecule has 4 nitrogen and oxygen atoms in total. The Labute approximate surface area is 89.5 Å². The highest BCUT2D eigenvalue weighted by Gasteiger charge is 2.24. The van der Waals surface area contributed by atoms with Crippen LogP contribution in [0.1, 0.15) is 25.4 Å².